The van der Waals surface area contributed by atoms with Crippen LogP contribution in [0, 0.1) is 52.3 Å². The standard InChI is InChI=1S/C24H38O3/c1-5-16-20-12-15(26)8-10-24(20,4)19-9-11-23(3)17(14(2)13-25)6-7-18(23)21(19)22(16)27/h14,16-21,25H,5-13H2,1-4H3/t14-,16-,17-,18?,19?,20+,21?,23-,24-/m1/s1. The molecule has 4 fully saturated rings. The van der Waals surface area contributed by atoms with E-state index >= 15 is 0 Å². The summed E-state index contributed by atoms with van der Waals surface area (Å²) in [4.78, 5) is 26.0. The quantitative estimate of drug-likeness (QED) is 0.782. The van der Waals surface area contributed by atoms with Crippen molar-refractivity contribution in [3.8, 4) is 0 Å². The number of rotatable bonds is 3. The first-order chi connectivity index (χ1) is 12.8. The molecule has 0 amide bonds. The summed E-state index contributed by atoms with van der Waals surface area (Å²) in [5.41, 5.74) is 0.361. The fourth-order valence-electron chi connectivity index (χ4n) is 8.55. The minimum Gasteiger partial charge on any atom is -0.396 e. The predicted octanol–water partition coefficient (Wildman–Crippen LogP) is 4.66. The Hall–Kier alpha value is -0.700. The van der Waals surface area contributed by atoms with E-state index < -0.39 is 0 Å². The minimum atomic E-state index is 0.0807. The van der Waals surface area contributed by atoms with Crippen LogP contribution in [0.3, 0.4) is 0 Å². The number of fused-ring (bicyclic) bond motifs is 5. The molecule has 3 nitrogen and oxygen atoms in total. The normalized spacial score (nSPS) is 50.7. The molecule has 0 aromatic heterocycles. The lowest BCUT2D eigenvalue weighted by molar-refractivity contribution is -0.170. The highest BCUT2D eigenvalue weighted by molar-refractivity contribution is 5.88. The van der Waals surface area contributed by atoms with Crippen LogP contribution >= 0.6 is 0 Å². The number of carbonyl (C=O) groups excluding carboxylic acids is 2. The third-order valence-electron chi connectivity index (χ3n) is 10.0. The lowest BCUT2D eigenvalue weighted by Crippen LogP contribution is -2.60. The Labute approximate surface area is 164 Å². The fraction of sp³-hybridized carbons (Fsp3) is 0.917. The van der Waals surface area contributed by atoms with Gasteiger partial charge in [0.15, 0.2) is 0 Å². The first-order valence-electron chi connectivity index (χ1n) is 11.4. The van der Waals surface area contributed by atoms with Gasteiger partial charge in [0.2, 0.25) is 0 Å². The van der Waals surface area contributed by atoms with Crippen LogP contribution < -0.4 is 0 Å². The fourth-order valence-corrected chi connectivity index (χ4v) is 8.55. The van der Waals surface area contributed by atoms with Crippen LogP contribution in [0.4, 0.5) is 0 Å². The summed E-state index contributed by atoms with van der Waals surface area (Å²) in [6.07, 6.45) is 7.85. The second-order valence-electron chi connectivity index (χ2n) is 10.9. The number of ketones is 2. The van der Waals surface area contributed by atoms with Gasteiger partial charge in [0, 0.05) is 31.3 Å². The first kappa shape index (κ1) is 19.6. The van der Waals surface area contributed by atoms with Gasteiger partial charge in [-0.3, -0.25) is 9.59 Å². The summed E-state index contributed by atoms with van der Waals surface area (Å²) in [5, 5.41) is 9.79. The Bertz CT molecular complexity index is 627. The van der Waals surface area contributed by atoms with Crippen LogP contribution in [0.15, 0.2) is 0 Å². The Morgan fingerprint density at radius 2 is 1.74 bits per heavy atom. The van der Waals surface area contributed by atoms with E-state index in [2.05, 4.69) is 27.7 Å². The number of aliphatic hydroxyl groups excluding tert-OH is 1. The Morgan fingerprint density at radius 3 is 2.41 bits per heavy atom. The monoisotopic (exact) mass is 374 g/mol. The van der Waals surface area contributed by atoms with Gasteiger partial charge >= 0.3 is 0 Å². The zero-order chi connectivity index (χ0) is 19.6. The summed E-state index contributed by atoms with van der Waals surface area (Å²) in [7, 11) is 0. The van der Waals surface area contributed by atoms with Crippen molar-refractivity contribution in [3.63, 3.8) is 0 Å². The molecule has 1 N–H and O–H groups in total. The van der Waals surface area contributed by atoms with Crippen LogP contribution in [0.1, 0.15) is 79.1 Å². The summed E-state index contributed by atoms with van der Waals surface area (Å²) < 4.78 is 0. The van der Waals surface area contributed by atoms with Crippen LogP contribution in [0.2, 0.25) is 0 Å². The molecule has 3 heteroatoms. The van der Waals surface area contributed by atoms with Crippen molar-refractivity contribution in [2.45, 2.75) is 79.1 Å². The summed E-state index contributed by atoms with van der Waals surface area (Å²) >= 11 is 0. The number of carbonyl (C=O) groups is 2. The zero-order valence-corrected chi connectivity index (χ0v) is 17.7. The molecule has 0 aliphatic heterocycles. The van der Waals surface area contributed by atoms with E-state index in [1.54, 1.807) is 0 Å². The van der Waals surface area contributed by atoms with E-state index in [-0.39, 0.29) is 35.2 Å². The van der Waals surface area contributed by atoms with Gasteiger partial charge in [-0.05, 0) is 78.9 Å². The highest BCUT2D eigenvalue weighted by atomic mass is 16.3. The minimum absolute atomic E-state index is 0.0807. The summed E-state index contributed by atoms with van der Waals surface area (Å²) in [5.74, 6) is 3.23. The predicted molar refractivity (Wildman–Crippen MR) is 106 cm³/mol. The average molecular weight is 375 g/mol. The van der Waals surface area contributed by atoms with Crippen molar-refractivity contribution in [1.82, 2.24) is 0 Å². The summed E-state index contributed by atoms with van der Waals surface area (Å²) in [6, 6.07) is 0. The summed E-state index contributed by atoms with van der Waals surface area (Å²) in [6.45, 7) is 9.43. The van der Waals surface area contributed by atoms with Crippen LogP contribution in [0.5, 0.6) is 0 Å². The topological polar surface area (TPSA) is 54.4 Å². The molecule has 152 valence electrons. The van der Waals surface area contributed by atoms with Crippen LogP contribution in [0.25, 0.3) is 0 Å². The lowest BCUT2D eigenvalue weighted by Gasteiger charge is -2.61. The second-order valence-corrected chi connectivity index (χ2v) is 10.9. The van der Waals surface area contributed by atoms with E-state index in [1.807, 2.05) is 0 Å². The van der Waals surface area contributed by atoms with Gasteiger partial charge in [0.1, 0.15) is 11.6 Å². The molecular weight excluding hydrogens is 336 g/mol. The van der Waals surface area contributed by atoms with Gasteiger partial charge in [-0.15, -0.1) is 0 Å². The molecule has 9 atom stereocenters. The van der Waals surface area contributed by atoms with Crippen molar-refractivity contribution in [1.29, 1.82) is 0 Å². The molecule has 0 radical (unpaired) electrons. The third kappa shape index (κ3) is 2.63. The number of Topliss-reactive ketones (excluding diaryl/α,β-unsaturated/α-hetero) is 2. The molecule has 0 saturated heterocycles. The number of hydrogen-bond donors (Lipinski definition) is 1. The average Bonchev–Trinajstić information content (AvgIpc) is 3.00. The lowest BCUT2D eigenvalue weighted by atomic mass is 9.42. The second kappa shape index (κ2) is 6.68. The maximum atomic E-state index is 13.8. The van der Waals surface area contributed by atoms with Crippen molar-refractivity contribution in [2.24, 2.45) is 52.3 Å². The SMILES string of the molecule is CC[C@H]1C(=O)C2C3CC[C@H]([C@H](C)CO)[C@@]3(C)CCC2[C@@]2(C)CCC(=O)C[C@@H]12. The molecular formula is C24H38O3. The van der Waals surface area contributed by atoms with Crippen molar-refractivity contribution in [2.75, 3.05) is 6.61 Å². The van der Waals surface area contributed by atoms with Crippen molar-refractivity contribution in [3.05, 3.63) is 0 Å². The highest BCUT2D eigenvalue weighted by Crippen LogP contribution is 2.68. The Morgan fingerprint density at radius 1 is 1.04 bits per heavy atom. The number of aliphatic hydroxyl groups is 1. The zero-order valence-electron chi connectivity index (χ0n) is 17.7. The molecule has 0 heterocycles. The van der Waals surface area contributed by atoms with Crippen molar-refractivity contribution < 1.29 is 14.7 Å². The maximum Gasteiger partial charge on any atom is 0.139 e. The number of hydrogen-bond acceptors (Lipinski definition) is 3. The van der Waals surface area contributed by atoms with Gasteiger partial charge in [-0.25, -0.2) is 0 Å². The molecule has 0 spiro atoms. The van der Waals surface area contributed by atoms with Gasteiger partial charge in [0.25, 0.3) is 0 Å². The highest BCUT2D eigenvalue weighted by Gasteiger charge is 2.65. The molecule has 4 rings (SSSR count). The molecule has 4 aliphatic rings. The smallest absolute Gasteiger partial charge is 0.139 e. The van der Waals surface area contributed by atoms with Gasteiger partial charge < -0.3 is 5.11 Å². The molecule has 0 aromatic rings. The van der Waals surface area contributed by atoms with Crippen molar-refractivity contribution >= 4 is 11.6 Å². The maximum absolute atomic E-state index is 13.8. The Kier molecular flexibility index (Phi) is 4.85. The van der Waals surface area contributed by atoms with Crippen LogP contribution in [-0.4, -0.2) is 23.3 Å². The van der Waals surface area contributed by atoms with Crippen LogP contribution in [-0.2, 0) is 9.59 Å². The Balaban J connectivity index is 1.71. The first-order valence-corrected chi connectivity index (χ1v) is 11.4. The van der Waals surface area contributed by atoms with E-state index in [1.165, 1.54) is 6.42 Å². The largest absolute Gasteiger partial charge is 0.396 e. The third-order valence-corrected chi connectivity index (χ3v) is 10.0. The van der Waals surface area contributed by atoms with E-state index in [4.69, 9.17) is 0 Å². The van der Waals surface area contributed by atoms with Gasteiger partial charge in [-0.1, -0.05) is 27.7 Å². The van der Waals surface area contributed by atoms with Gasteiger partial charge in [-0.2, -0.15) is 0 Å². The van der Waals surface area contributed by atoms with Gasteiger partial charge in [0.05, 0.1) is 0 Å². The van der Waals surface area contributed by atoms with E-state index in [0.717, 1.165) is 32.1 Å². The van der Waals surface area contributed by atoms with E-state index in [0.29, 0.717) is 48.1 Å². The molecule has 3 unspecified atom stereocenters. The molecule has 27 heavy (non-hydrogen) atoms. The molecule has 4 saturated carbocycles. The molecule has 0 aromatic carbocycles. The molecule has 4 aliphatic carbocycles. The molecule has 0 bridgehead atoms. The van der Waals surface area contributed by atoms with E-state index in [9.17, 15) is 14.7 Å².